The number of aliphatic hydroxyl groups excluding tert-OH is 1. The van der Waals surface area contributed by atoms with Crippen molar-refractivity contribution >= 4 is 11.9 Å². The molecule has 1 aromatic rings. The standard InChI is InChI=1S/C20H31N3O5/c1-14(2)21-20(26)23-10-4-5-18(24)17(13-23)22-19(25)15-6-8-16(9-7-15)28-12-11-27-3/h6-9,14,17-18,24H,4-5,10-13H2,1-3H3,(H,21,26)(H,22,25)/t17-,18-/m1/s1. The normalized spacial score (nSPS) is 19.8. The number of rotatable bonds is 7. The van der Waals surface area contributed by atoms with Crippen LogP contribution in [0.2, 0.25) is 0 Å². The van der Waals surface area contributed by atoms with Gasteiger partial charge in [-0.1, -0.05) is 0 Å². The fourth-order valence-corrected chi connectivity index (χ4v) is 3.00. The van der Waals surface area contributed by atoms with Crippen LogP contribution in [-0.2, 0) is 4.74 Å². The molecule has 1 aliphatic rings. The molecule has 1 aliphatic heterocycles. The molecule has 0 aromatic heterocycles. The number of nitrogens with one attached hydrogen (secondary N) is 2. The first-order valence-electron chi connectivity index (χ1n) is 9.67. The smallest absolute Gasteiger partial charge is 0.317 e. The van der Waals surface area contributed by atoms with Gasteiger partial charge in [0.2, 0.25) is 0 Å². The summed E-state index contributed by atoms with van der Waals surface area (Å²) in [6.45, 7) is 5.53. The fraction of sp³-hybridized carbons (Fsp3) is 0.600. The number of hydrogen-bond acceptors (Lipinski definition) is 5. The van der Waals surface area contributed by atoms with Gasteiger partial charge in [0, 0.05) is 31.8 Å². The number of carbonyl (C=O) groups excluding carboxylic acids is 2. The van der Waals surface area contributed by atoms with Crippen LogP contribution in [0.25, 0.3) is 0 Å². The maximum atomic E-state index is 12.6. The molecule has 156 valence electrons. The van der Waals surface area contributed by atoms with Crippen molar-refractivity contribution in [2.24, 2.45) is 0 Å². The van der Waals surface area contributed by atoms with Crippen molar-refractivity contribution in [1.82, 2.24) is 15.5 Å². The fourth-order valence-electron chi connectivity index (χ4n) is 3.00. The van der Waals surface area contributed by atoms with Crippen molar-refractivity contribution in [1.29, 1.82) is 0 Å². The van der Waals surface area contributed by atoms with E-state index >= 15 is 0 Å². The van der Waals surface area contributed by atoms with Gasteiger partial charge < -0.3 is 30.1 Å². The zero-order valence-corrected chi connectivity index (χ0v) is 16.8. The minimum absolute atomic E-state index is 0.0262. The molecule has 0 bridgehead atoms. The Hall–Kier alpha value is -2.32. The maximum Gasteiger partial charge on any atom is 0.317 e. The van der Waals surface area contributed by atoms with E-state index in [9.17, 15) is 14.7 Å². The van der Waals surface area contributed by atoms with Crippen LogP contribution in [0.4, 0.5) is 4.79 Å². The Morgan fingerprint density at radius 1 is 1.25 bits per heavy atom. The van der Waals surface area contributed by atoms with E-state index in [4.69, 9.17) is 9.47 Å². The summed E-state index contributed by atoms with van der Waals surface area (Å²) in [6.07, 6.45) is 0.521. The van der Waals surface area contributed by atoms with Crippen LogP contribution in [0.1, 0.15) is 37.0 Å². The van der Waals surface area contributed by atoms with Crippen molar-refractivity contribution in [3.63, 3.8) is 0 Å². The van der Waals surface area contributed by atoms with E-state index in [1.165, 1.54) is 0 Å². The second-order valence-electron chi connectivity index (χ2n) is 7.21. The van der Waals surface area contributed by atoms with Gasteiger partial charge in [0.25, 0.3) is 5.91 Å². The topological polar surface area (TPSA) is 100 Å². The number of amides is 3. The summed E-state index contributed by atoms with van der Waals surface area (Å²) in [5, 5.41) is 16.1. The van der Waals surface area contributed by atoms with Crippen molar-refractivity contribution in [2.75, 3.05) is 33.4 Å². The molecule has 8 heteroatoms. The predicted octanol–water partition coefficient (Wildman–Crippen LogP) is 1.38. The third-order valence-electron chi connectivity index (χ3n) is 4.50. The highest BCUT2D eigenvalue weighted by Crippen LogP contribution is 2.15. The molecule has 0 spiro atoms. The van der Waals surface area contributed by atoms with Crippen molar-refractivity contribution in [3.05, 3.63) is 29.8 Å². The molecule has 8 nitrogen and oxygen atoms in total. The number of benzene rings is 1. The minimum atomic E-state index is -0.697. The summed E-state index contributed by atoms with van der Waals surface area (Å²) in [6, 6.07) is 6.10. The molecular formula is C20H31N3O5. The first-order valence-corrected chi connectivity index (χ1v) is 9.67. The van der Waals surface area contributed by atoms with Gasteiger partial charge >= 0.3 is 6.03 Å². The van der Waals surface area contributed by atoms with Crippen LogP contribution < -0.4 is 15.4 Å². The van der Waals surface area contributed by atoms with Crippen molar-refractivity contribution < 1.29 is 24.2 Å². The van der Waals surface area contributed by atoms with Gasteiger partial charge in [-0.2, -0.15) is 0 Å². The zero-order valence-electron chi connectivity index (χ0n) is 16.8. The first kappa shape index (κ1) is 22.0. The molecular weight excluding hydrogens is 362 g/mol. The van der Waals surface area contributed by atoms with Gasteiger partial charge in [0.15, 0.2) is 0 Å². The molecule has 0 radical (unpaired) electrons. The summed E-state index contributed by atoms with van der Waals surface area (Å²) >= 11 is 0. The van der Waals surface area contributed by atoms with Gasteiger partial charge in [-0.25, -0.2) is 4.79 Å². The molecule has 0 saturated carbocycles. The Kier molecular flexibility index (Phi) is 8.53. The highest BCUT2D eigenvalue weighted by atomic mass is 16.5. The third-order valence-corrected chi connectivity index (χ3v) is 4.50. The van der Waals surface area contributed by atoms with E-state index in [2.05, 4.69) is 10.6 Å². The van der Waals surface area contributed by atoms with Crippen LogP contribution in [0, 0.1) is 0 Å². The summed E-state index contributed by atoms with van der Waals surface area (Å²) in [7, 11) is 1.60. The lowest BCUT2D eigenvalue weighted by Crippen LogP contribution is -2.52. The molecule has 2 atom stereocenters. The monoisotopic (exact) mass is 393 g/mol. The van der Waals surface area contributed by atoms with Crippen molar-refractivity contribution in [2.45, 2.75) is 44.9 Å². The quantitative estimate of drug-likeness (QED) is 0.608. The molecule has 1 fully saturated rings. The van der Waals surface area contributed by atoms with E-state index in [0.717, 1.165) is 0 Å². The molecule has 0 unspecified atom stereocenters. The SMILES string of the molecule is COCCOc1ccc(C(=O)N[C@@H]2CN(C(=O)NC(C)C)CCC[C@H]2O)cc1. The summed E-state index contributed by atoms with van der Waals surface area (Å²) < 4.78 is 10.4. The number of hydrogen-bond donors (Lipinski definition) is 3. The average Bonchev–Trinajstić information content (AvgIpc) is 2.84. The Morgan fingerprint density at radius 3 is 2.61 bits per heavy atom. The van der Waals surface area contributed by atoms with Crippen LogP contribution in [0.3, 0.4) is 0 Å². The molecule has 1 aromatic carbocycles. The van der Waals surface area contributed by atoms with E-state index in [0.29, 0.717) is 43.9 Å². The van der Waals surface area contributed by atoms with Gasteiger partial charge in [-0.3, -0.25) is 4.79 Å². The second kappa shape index (κ2) is 10.9. The van der Waals surface area contributed by atoms with Gasteiger partial charge in [0.05, 0.1) is 18.8 Å². The second-order valence-corrected chi connectivity index (χ2v) is 7.21. The Morgan fingerprint density at radius 2 is 1.96 bits per heavy atom. The molecule has 3 amide bonds. The summed E-state index contributed by atoms with van der Waals surface area (Å²) in [5.41, 5.74) is 0.466. The minimum Gasteiger partial charge on any atom is -0.491 e. The number of ether oxygens (including phenoxy) is 2. The summed E-state index contributed by atoms with van der Waals surface area (Å²) in [4.78, 5) is 26.6. The number of urea groups is 1. The average molecular weight is 393 g/mol. The Balaban J connectivity index is 1.97. The predicted molar refractivity (Wildman–Crippen MR) is 106 cm³/mol. The van der Waals surface area contributed by atoms with Crippen molar-refractivity contribution in [3.8, 4) is 5.75 Å². The van der Waals surface area contributed by atoms with Crippen LogP contribution in [0.15, 0.2) is 24.3 Å². The number of methoxy groups -OCH3 is 1. The molecule has 0 aliphatic carbocycles. The lowest BCUT2D eigenvalue weighted by Gasteiger charge is -2.28. The highest BCUT2D eigenvalue weighted by Gasteiger charge is 2.29. The van der Waals surface area contributed by atoms with E-state index < -0.39 is 12.1 Å². The first-order chi connectivity index (χ1) is 13.4. The van der Waals surface area contributed by atoms with Crippen LogP contribution in [0.5, 0.6) is 5.75 Å². The lowest BCUT2D eigenvalue weighted by molar-refractivity contribution is 0.0808. The van der Waals surface area contributed by atoms with Crippen LogP contribution >= 0.6 is 0 Å². The number of aliphatic hydroxyl groups is 1. The number of nitrogens with zero attached hydrogens (tertiary/aromatic N) is 1. The van der Waals surface area contributed by atoms with E-state index in [-0.39, 0.29) is 24.5 Å². The highest BCUT2D eigenvalue weighted by molar-refractivity contribution is 5.94. The van der Waals surface area contributed by atoms with E-state index in [1.54, 1.807) is 36.3 Å². The largest absolute Gasteiger partial charge is 0.491 e. The lowest BCUT2D eigenvalue weighted by atomic mass is 10.1. The van der Waals surface area contributed by atoms with Gasteiger partial charge in [0.1, 0.15) is 12.4 Å². The molecule has 3 N–H and O–H groups in total. The molecule has 28 heavy (non-hydrogen) atoms. The Labute approximate surface area is 166 Å². The summed E-state index contributed by atoms with van der Waals surface area (Å²) in [5.74, 6) is 0.359. The van der Waals surface area contributed by atoms with Gasteiger partial charge in [-0.05, 0) is 51.0 Å². The molecule has 1 saturated heterocycles. The number of carbonyl (C=O) groups is 2. The molecule has 2 rings (SSSR count). The Bertz CT molecular complexity index is 635. The maximum absolute atomic E-state index is 12.6. The molecule has 1 heterocycles. The number of likely N-dealkylation sites (tertiary alicyclic amines) is 1. The third kappa shape index (κ3) is 6.69. The van der Waals surface area contributed by atoms with E-state index in [1.807, 2.05) is 13.8 Å². The zero-order chi connectivity index (χ0) is 20.5. The van der Waals surface area contributed by atoms with Crippen LogP contribution in [-0.4, -0.2) is 73.5 Å². The van der Waals surface area contributed by atoms with Gasteiger partial charge in [-0.15, -0.1) is 0 Å².